The summed E-state index contributed by atoms with van der Waals surface area (Å²) in [5.41, 5.74) is -0.0370. The van der Waals surface area contributed by atoms with Gasteiger partial charge in [-0.1, -0.05) is 12.1 Å². The smallest absolute Gasteiger partial charge is 0.419 e. The number of aliphatic carboxylic acids is 1. The van der Waals surface area contributed by atoms with E-state index < -0.39 is 30.4 Å². The standard InChI is InChI=1S/C21H23F3O5S/c1-3-27-15(11-28-19-7-5-4-6-17(19)21(22,23)24)13-30-16-8-9-18(14(2)10-16)29-12-20(25)26/h4-10,15H,3,11-13H2,1-2H3,(H,25,26)/t15-/m1/s1. The van der Waals surface area contributed by atoms with Crippen molar-refractivity contribution in [2.24, 2.45) is 0 Å². The van der Waals surface area contributed by atoms with Crippen molar-refractivity contribution in [1.82, 2.24) is 0 Å². The van der Waals surface area contributed by atoms with Gasteiger partial charge in [-0.15, -0.1) is 11.8 Å². The van der Waals surface area contributed by atoms with Gasteiger partial charge in [-0.25, -0.2) is 4.79 Å². The van der Waals surface area contributed by atoms with Gasteiger partial charge >= 0.3 is 12.1 Å². The number of alkyl halides is 3. The molecular weight excluding hydrogens is 421 g/mol. The molecular formula is C21H23F3O5S. The van der Waals surface area contributed by atoms with Crippen molar-refractivity contribution < 1.29 is 37.3 Å². The molecule has 0 spiro atoms. The molecule has 0 fully saturated rings. The highest BCUT2D eigenvalue weighted by atomic mass is 32.2. The summed E-state index contributed by atoms with van der Waals surface area (Å²) >= 11 is 1.46. The van der Waals surface area contributed by atoms with Gasteiger partial charge in [0.15, 0.2) is 6.61 Å². The van der Waals surface area contributed by atoms with Crippen LogP contribution in [0.25, 0.3) is 0 Å². The van der Waals surface area contributed by atoms with Crippen LogP contribution in [0.15, 0.2) is 47.4 Å². The van der Waals surface area contributed by atoms with Crippen LogP contribution in [0.5, 0.6) is 11.5 Å². The zero-order valence-electron chi connectivity index (χ0n) is 16.6. The van der Waals surface area contributed by atoms with Gasteiger partial charge in [0.25, 0.3) is 0 Å². The van der Waals surface area contributed by atoms with Gasteiger partial charge in [-0.2, -0.15) is 13.2 Å². The van der Waals surface area contributed by atoms with E-state index in [2.05, 4.69) is 0 Å². The van der Waals surface area contributed by atoms with Gasteiger partial charge in [-0.05, 0) is 49.7 Å². The lowest BCUT2D eigenvalue weighted by atomic mass is 10.2. The molecule has 0 aliphatic carbocycles. The molecule has 0 heterocycles. The number of carbonyl (C=O) groups is 1. The van der Waals surface area contributed by atoms with Crippen molar-refractivity contribution in [3.05, 3.63) is 53.6 Å². The van der Waals surface area contributed by atoms with Crippen LogP contribution >= 0.6 is 11.8 Å². The van der Waals surface area contributed by atoms with E-state index in [1.807, 2.05) is 6.07 Å². The molecule has 0 radical (unpaired) electrons. The van der Waals surface area contributed by atoms with E-state index in [1.54, 1.807) is 26.0 Å². The van der Waals surface area contributed by atoms with Gasteiger partial charge in [0.05, 0.1) is 5.56 Å². The van der Waals surface area contributed by atoms with E-state index in [-0.39, 0.29) is 12.4 Å². The molecule has 0 amide bonds. The van der Waals surface area contributed by atoms with Crippen LogP contribution < -0.4 is 9.47 Å². The molecule has 30 heavy (non-hydrogen) atoms. The first-order valence-corrected chi connectivity index (χ1v) is 10.2. The van der Waals surface area contributed by atoms with Gasteiger partial charge < -0.3 is 19.3 Å². The number of para-hydroxylation sites is 1. The highest BCUT2D eigenvalue weighted by Crippen LogP contribution is 2.36. The van der Waals surface area contributed by atoms with Crippen molar-refractivity contribution >= 4 is 17.7 Å². The Morgan fingerprint density at radius 3 is 2.50 bits per heavy atom. The van der Waals surface area contributed by atoms with Crippen LogP contribution in [0.3, 0.4) is 0 Å². The molecule has 164 valence electrons. The minimum Gasteiger partial charge on any atom is -0.490 e. The molecule has 2 aromatic carbocycles. The average molecular weight is 444 g/mol. The van der Waals surface area contributed by atoms with E-state index >= 15 is 0 Å². The molecule has 0 saturated carbocycles. The highest BCUT2D eigenvalue weighted by Gasteiger charge is 2.34. The molecule has 5 nitrogen and oxygen atoms in total. The predicted molar refractivity (Wildman–Crippen MR) is 107 cm³/mol. The molecule has 0 aromatic heterocycles. The number of rotatable bonds is 11. The summed E-state index contributed by atoms with van der Waals surface area (Å²) in [4.78, 5) is 11.5. The topological polar surface area (TPSA) is 65.0 Å². The third kappa shape index (κ3) is 7.46. The maximum Gasteiger partial charge on any atom is 0.419 e. The molecule has 0 aliphatic heterocycles. The Morgan fingerprint density at radius 1 is 1.13 bits per heavy atom. The van der Waals surface area contributed by atoms with E-state index in [1.165, 1.54) is 30.0 Å². The van der Waals surface area contributed by atoms with Crippen molar-refractivity contribution in [1.29, 1.82) is 0 Å². The lowest BCUT2D eigenvalue weighted by Gasteiger charge is -2.20. The van der Waals surface area contributed by atoms with E-state index in [9.17, 15) is 18.0 Å². The van der Waals surface area contributed by atoms with Crippen molar-refractivity contribution in [2.75, 3.05) is 25.6 Å². The first-order valence-electron chi connectivity index (χ1n) is 9.19. The highest BCUT2D eigenvalue weighted by molar-refractivity contribution is 7.99. The fraction of sp³-hybridized carbons (Fsp3) is 0.381. The minimum absolute atomic E-state index is 0.0211. The Balaban J connectivity index is 1.97. The Labute approximate surface area is 177 Å². The molecule has 0 aliphatic rings. The van der Waals surface area contributed by atoms with Crippen LogP contribution in [0.2, 0.25) is 0 Å². The number of carboxylic acids is 1. The lowest BCUT2D eigenvalue weighted by Crippen LogP contribution is -2.25. The molecule has 2 rings (SSSR count). The first kappa shape index (κ1) is 23.9. The number of hydrogen-bond acceptors (Lipinski definition) is 5. The lowest BCUT2D eigenvalue weighted by molar-refractivity contribution is -0.140. The second-order valence-electron chi connectivity index (χ2n) is 6.30. The second-order valence-corrected chi connectivity index (χ2v) is 7.40. The van der Waals surface area contributed by atoms with Gasteiger partial charge in [0.1, 0.15) is 24.2 Å². The number of carboxylic acid groups (broad SMARTS) is 1. The Kier molecular flexibility index (Phi) is 8.86. The van der Waals surface area contributed by atoms with Crippen LogP contribution in [-0.4, -0.2) is 42.8 Å². The summed E-state index contributed by atoms with van der Waals surface area (Å²) < 4.78 is 55.5. The number of thioether (sulfide) groups is 1. The molecule has 1 N–H and O–H groups in total. The van der Waals surface area contributed by atoms with Crippen molar-refractivity contribution in [3.63, 3.8) is 0 Å². The van der Waals surface area contributed by atoms with Gasteiger partial charge in [-0.3, -0.25) is 0 Å². The molecule has 0 saturated heterocycles. The molecule has 9 heteroatoms. The summed E-state index contributed by atoms with van der Waals surface area (Å²) in [6, 6.07) is 10.4. The Bertz CT molecular complexity index is 842. The summed E-state index contributed by atoms with van der Waals surface area (Å²) in [5.74, 6) is -0.332. The van der Waals surface area contributed by atoms with E-state index in [0.717, 1.165) is 16.5 Å². The average Bonchev–Trinajstić information content (AvgIpc) is 2.68. The van der Waals surface area contributed by atoms with Crippen LogP contribution in [0, 0.1) is 6.92 Å². The molecule has 0 bridgehead atoms. The second kappa shape index (κ2) is 11.1. The zero-order chi connectivity index (χ0) is 22.1. The summed E-state index contributed by atoms with van der Waals surface area (Å²) in [6.45, 7) is 3.57. The normalized spacial score (nSPS) is 12.4. The third-order valence-electron chi connectivity index (χ3n) is 3.95. The largest absolute Gasteiger partial charge is 0.490 e. The zero-order valence-corrected chi connectivity index (χ0v) is 17.4. The summed E-state index contributed by atoms with van der Waals surface area (Å²) in [7, 11) is 0. The van der Waals surface area contributed by atoms with Crippen LogP contribution in [0.1, 0.15) is 18.1 Å². The number of hydrogen-bond donors (Lipinski definition) is 1. The Morgan fingerprint density at radius 2 is 1.87 bits per heavy atom. The molecule has 0 unspecified atom stereocenters. The Hall–Kier alpha value is -2.39. The fourth-order valence-electron chi connectivity index (χ4n) is 2.59. The number of benzene rings is 2. The van der Waals surface area contributed by atoms with E-state index in [4.69, 9.17) is 19.3 Å². The monoisotopic (exact) mass is 444 g/mol. The maximum absolute atomic E-state index is 13.1. The summed E-state index contributed by atoms with van der Waals surface area (Å²) in [6.07, 6.45) is -4.90. The van der Waals surface area contributed by atoms with Crippen molar-refractivity contribution in [3.8, 4) is 11.5 Å². The SMILES string of the molecule is CCO[C@H](COc1ccccc1C(F)(F)F)CSc1ccc(OCC(=O)O)c(C)c1. The third-order valence-corrected chi connectivity index (χ3v) is 5.08. The number of aryl methyl sites for hydroxylation is 1. The van der Waals surface area contributed by atoms with Crippen LogP contribution in [-0.2, 0) is 15.7 Å². The first-order chi connectivity index (χ1) is 14.2. The van der Waals surface area contributed by atoms with Gasteiger partial charge in [0, 0.05) is 17.3 Å². The van der Waals surface area contributed by atoms with Gasteiger partial charge in [0.2, 0.25) is 0 Å². The maximum atomic E-state index is 13.1. The predicted octanol–water partition coefficient (Wildman–Crippen LogP) is 5.05. The van der Waals surface area contributed by atoms with Crippen LogP contribution in [0.4, 0.5) is 13.2 Å². The fourth-order valence-corrected chi connectivity index (χ4v) is 3.59. The molecule has 2 aromatic rings. The number of ether oxygens (including phenoxy) is 3. The van der Waals surface area contributed by atoms with Crippen molar-refractivity contribution in [2.45, 2.75) is 31.0 Å². The van der Waals surface area contributed by atoms with E-state index in [0.29, 0.717) is 18.1 Å². The quantitative estimate of drug-likeness (QED) is 0.489. The molecule has 1 atom stereocenters. The number of halogens is 3. The summed E-state index contributed by atoms with van der Waals surface area (Å²) in [5, 5.41) is 8.69. The minimum atomic E-state index is -4.49.